The van der Waals surface area contributed by atoms with Crippen LogP contribution in [0.15, 0.2) is 35.5 Å². The Balaban J connectivity index is 0.00000280. The Morgan fingerprint density at radius 1 is 1.46 bits per heavy atom. The van der Waals surface area contributed by atoms with Crippen LogP contribution in [0.4, 0.5) is 10.1 Å². The summed E-state index contributed by atoms with van der Waals surface area (Å²) < 4.78 is 19.8. The van der Waals surface area contributed by atoms with Crippen LogP contribution < -0.4 is 5.73 Å². The van der Waals surface area contributed by atoms with E-state index < -0.39 is 11.4 Å². The third kappa shape index (κ3) is 4.47. The first-order valence-corrected chi connectivity index (χ1v) is 8.47. The number of aliphatic imine (C=N–C) groups is 1. The van der Waals surface area contributed by atoms with E-state index in [1.165, 1.54) is 24.4 Å². The fraction of sp³-hybridized carbons (Fsp3) is 0.263. The van der Waals surface area contributed by atoms with Crippen molar-refractivity contribution in [1.29, 1.82) is 0 Å². The molecule has 2 aromatic rings. The third-order valence-corrected chi connectivity index (χ3v) is 4.51. The van der Waals surface area contributed by atoms with E-state index >= 15 is 0 Å². The minimum atomic E-state index is -0.960. The molecule has 0 amide bonds. The lowest BCUT2D eigenvalue weighted by atomic mass is 9.90. The van der Waals surface area contributed by atoms with E-state index in [0.717, 1.165) is 0 Å². The largest absolute Gasteiger partial charge is 0.386 e. The van der Waals surface area contributed by atoms with Crippen LogP contribution in [-0.2, 0) is 16.7 Å². The molecule has 1 aromatic heterocycles. The molecule has 2 N–H and O–H groups in total. The first-order chi connectivity index (χ1) is 12.8. The van der Waals surface area contributed by atoms with Crippen molar-refractivity contribution >= 4 is 41.3 Å². The third-order valence-electron chi connectivity index (χ3n) is 4.22. The molecule has 1 aromatic carbocycles. The van der Waals surface area contributed by atoms with Gasteiger partial charge in [-0.2, -0.15) is 0 Å². The van der Waals surface area contributed by atoms with Gasteiger partial charge in [-0.3, -0.25) is 14.8 Å². The van der Waals surface area contributed by atoms with E-state index in [0.29, 0.717) is 17.0 Å². The molecular weight excluding hydrogens is 406 g/mol. The molecule has 1 atom stereocenters. The number of pyridine rings is 1. The standard InChI is InChI=1S/C19H16ClFN4O2.ClH/c1-19(10-27-9-17(22)25-19)13-5-11(3-4-15(13)21)6-16(26)18-14(20)7-12(23-2)8-24-18;/h3-5,7-8H,6,9-10H2,1H3,(H2,22,25);1H/t19-;/m0./s1. The normalized spacial score (nSPS) is 18.6. The average molecular weight is 423 g/mol. The Morgan fingerprint density at radius 3 is 2.86 bits per heavy atom. The minimum Gasteiger partial charge on any atom is -0.386 e. The molecule has 0 spiro atoms. The smallest absolute Gasteiger partial charge is 0.206 e. The van der Waals surface area contributed by atoms with Gasteiger partial charge in [0, 0.05) is 18.2 Å². The number of nitrogens with zero attached hydrogens (tertiary/aromatic N) is 3. The van der Waals surface area contributed by atoms with Crippen LogP contribution in [0.2, 0.25) is 5.02 Å². The maximum Gasteiger partial charge on any atom is 0.206 e. The second-order valence-corrected chi connectivity index (χ2v) is 6.83. The number of ketones is 1. The van der Waals surface area contributed by atoms with Gasteiger partial charge in [0.25, 0.3) is 0 Å². The number of amidine groups is 1. The van der Waals surface area contributed by atoms with Crippen LogP contribution in [0, 0.1) is 12.4 Å². The number of carbonyl (C=O) groups excluding carboxylic acids is 1. The van der Waals surface area contributed by atoms with E-state index in [1.807, 2.05) is 0 Å². The lowest BCUT2D eigenvalue weighted by molar-refractivity contribution is 0.0987. The van der Waals surface area contributed by atoms with Crippen molar-refractivity contribution in [3.8, 4) is 0 Å². The first-order valence-electron chi connectivity index (χ1n) is 8.09. The fourth-order valence-electron chi connectivity index (χ4n) is 2.93. The predicted molar refractivity (Wildman–Crippen MR) is 107 cm³/mol. The number of Topliss-reactive ketones (excluding diaryl/α,β-unsaturated/α-hetero) is 1. The van der Waals surface area contributed by atoms with Gasteiger partial charge in [0.2, 0.25) is 5.69 Å². The average Bonchev–Trinajstić information content (AvgIpc) is 2.62. The summed E-state index contributed by atoms with van der Waals surface area (Å²) in [6.07, 6.45) is 1.27. The van der Waals surface area contributed by atoms with Gasteiger partial charge in [0.1, 0.15) is 29.5 Å². The summed E-state index contributed by atoms with van der Waals surface area (Å²) in [7, 11) is 0. The summed E-state index contributed by atoms with van der Waals surface area (Å²) in [6, 6.07) is 5.79. The highest BCUT2D eigenvalue weighted by atomic mass is 35.5. The molecule has 0 aliphatic carbocycles. The van der Waals surface area contributed by atoms with Crippen molar-refractivity contribution in [3.63, 3.8) is 0 Å². The van der Waals surface area contributed by atoms with E-state index in [1.54, 1.807) is 13.0 Å². The number of carbonyl (C=O) groups is 1. The van der Waals surface area contributed by atoms with Gasteiger partial charge >= 0.3 is 0 Å². The number of ether oxygens (including phenoxy) is 1. The molecule has 9 heteroatoms. The molecule has 0 bridgehead atoms. The molecule has 28 heavy (non-hydrogen) atoms. The minimum absolute atomic E-state index is 0. The summed E-state index contributed by atoms with van der Waals surface area (Å²) >= 11 is 6.05. The van der Waals surface area contributed by atoms with Crippen molar-refractivity contribution in [2.24, 2.45) is 10.7 Å². The zero-order chi connectivity index (χ0) is 19.6. The first kappa shape index (κ1) is 21.8. The van der Waals surface area contributed by atoms with Crippen molar-refractivity contribution < 1.29 is 13.9 Å². The number of benzene rings is 1. The number of halogens is 3. The topological polar surface area (TPSA) is 81.9 Å². The van der Waals surface area contributed by atoms with Crippen LogP contribution >= 0.6 is 24.0 Å². The van der Waals surface area contributed by atoms with Crippen molar-refractivity contribution in [2.45, 2.75) is 18.9 Å². The highest BCUT2D eigenvalue weighted by Crippen LogP contribution is 2.31. The van der Waals surface area contributed by atoms with E-state index in [4.69, 9.17) is 28.6 Å². The highest BCUT2D eigenvalue weighted by molar-refractivity contribution is 6.33. The SMILES string of the molecule is Cl.[C-]#[N+]c1cnc(C(=O)Cc2ccc(F)c([C@]3(C)COCC(N)=N3)c2)c(Cl)c1. The van der Waals surface area contributed by atoms with E-state index in [2.05, 4.69) is 14.8 Å². The number of rotatable bonds is 4. The molecule has 6 nitrogen and oxygen atoms in total. The zero-order valence-electron chi connectivity index (χ0n) is 14.9. The van der Waals surface area contributed by atoms with E-state index in [-0.39, 0.29) is 54.2 Å². The molecule has 1 aliphatic heterocycles. The van der Waals surface area contributed by atoms with Gasteiger partial charge in [0.05, 0.1) is 18.2 Å². The van der Waals surface area contributed by atoms with Gasteiger partial charge < -0.3 is 10.5 Å². The number of hydrogen-bond acceptors (Lipinski definition) is 5. The highest BCUT2D eigenvalue weighted by Gasteiger charge is 2.33. The quantitative estimate of drug-likeness (QED) is 0.598. The second-order valence-electron chi connectivity index (χ2n) is 6.42. The molecule has 0 unspecified atom stereocenters. The fourth-order valence-corrected chi connectivity index (χ4v) is 3.20. The van der Waals surface area contributed by atoms with Gasteiger partial charge in [0.15, 0.2) is 5.78 Å². The van der Waals surface area contributed by atoms with Gasteiger partial charge in [-0.15, -0.1) is 12.4 Å². The maximum atomic E-state index is 14.4. The predicted octanol–water partition coefficient (Wildman–Crippen LogP) is 3.87. The molecule has 0 saturated carbocycles. The van der Waals surface area contributed by atoms with Crippen LogP contribution in [0.25, 0.3) is 4.85 Å². The Hall–Kier alpha value is -2.53. The molecular formula is C19H17Cl2FN4O2. The van der Waals surface area contributed by atoms with Crippen LogP contribution in [0.1, 0.15) is 28.5 Å². The molecule has 146 valence electrons. The van der Waals surface area contributed by atoms with Gasteiger partial charge in [-0.1, -0.05) is 17.7 Å². The van der Waals surface area contributed by atoms with Gasteiger partial charge in [-0.25, -0.2) is 9.24 Å². The Kier molecular flexibility index (Phi) is 6.73. The second kappa shape index (κ2) is 8.65. The summed E-state index contributed by atoms with van der Waals surface area (Å²) in [6.45, 7) is 9.07. The lowest BCUT2D eigenvalue weighted by Gasteiger charge is -2.30. The summed E-state index contributed by atoms with van der Waals surface area (Å²) in [5.74, 6) is -0.490. The zero-order valence-corrected chi connectivity index (χ0v) is 16.5. The maximum absolute atomic E-state index is 14.4. The summed E-state index contributed by atoms with van der Waals surface area (Å²) in [5, 5.41) is 0.112. The number of nitrogens with two attached hydrogens (primary N) is 1. The Morgan fingerprint density at radius 2 is 2.21 bits per heavy atom. The molecule has 0 saturated heterocycles. The van der Waals surface area contributed by atoms with Gasteiger partial charge in [-0.05, 0) is 30.7 Å². The van der Waals surface area contributed by atoms with Crippen LogP contribution in [-0.4, -0.2) is 29.8 Å². The number of aromatic nitrogens is 1. The van der Waals surface area contributed by atoms with Crippen LogP contribution in [0.5, 0.6) is 0 Å². The summed E-state index contributed by atoms with van der Waals surface area (Å²) in [4.78, 5) is 24.1. The van der Waals surface area contributed by atoms with Crippen molar-refractivity contribution in [1.82, 2.24) is 4.98 Å². The molecule has 0 radical (unpaired) electrons. The monoisotopic (exact) mass is 422 g/mol. The van der Waals surface area contributed by atoms with Crippen molar-refractivity contribution in [3.05, 3.63) is 69.5 Å². The summed E-state index contributed by atoms with van der Waals surface area (Å²) in [5.41, 5.74) is 5.99. The molecule has 3 rings (SSSR count). The van der Waals surface area contributed by atoms with E-state index in [9.17, 15) is 9.18 Å². The molecule has 0 fully saturated rings. The Labute approximate surface area is 172 Å². The van der Waals surface area contributed by atoms with Crippen LogP contribution in [0.3, 0.4) is 0 Å². The van der Waals surface area contributed by atoms with Crippen molar-refractivity contribution in [2.75, 3.05) is 13.2 Å². The molecule has 1 aliphatic rings. The molecule has 2 heterocycles. The Bertz CT molecular complexity index is 990. The lowest BCUT2D eigenvalue weighted by Crippen LogP contribution is -2.38. The number of hydrogen-bond donors (Lipinski definition) is 1.